The fraction of sp³-hybridized carbons (Fsp3) is 1.00. The highest BCUT2D eigenvalue weighted by Gasteiger charge is 2.24. The molecule has 3 nitrogen and oxygen atoms in total. The van der Waals surface area contributed by atoms with Crippen LogP contribution < -0.4 is 5.73 Å². The lowest BCUT2D eigenvalue weighted by Crippen LogP contribution is -2.40. The van der Waals surface area contributed by atoms with Gasteiger partial charge in [-0.25, -0.2) is 0 Å². The zero-order valence-corrected chi connectivity index (χ0v) is 9.49. The molecule has 0 spiro atoms. The van der Waals surface area contributed by atoms with Gasteiger partial charge in [-0.1, -0.05) is 12.8 Å². The van der Waals surface area contributed by atoms with Crippen LogP contribution in [0.1, 0.15) is 38.5 Å². The minimum absolute atomic E-state index is 0.276. The van der Waals surface area contributed by atoms with Gasteiger partial charge < -0.3 is 15.2 Å². The summed E-state index contributed by atoms with van der Waals surface area (Å²) in [6.45, 7) is 2.71. The van der Waals surface area contributed by atoms with Gasteiger partial charge in [-0.15, -0.1) is 0 Å². The lowest BCUT2D eigenvalue weighted by molar-refractivity contribution is -0.0302. The van der Waals surface area contributed by atoms with E-state index >= 15 is 0 Å². The summed E-state index contributed by atoms with van der Waals surface area (Å²) in [5.41, 5.74) is 6.04. The monoisotopic (exact) mass is 213 g/mol. The van der Waals surface area contributed by atoms with Crippen molar-refractivity contribution in [3.05, 3.63) is 0 Å². The molecule has 1 saturated carbocycles. The molecular formula is C12H23NO2. The van der Waals surface area contributed by atoms with Crippen LogP contribution in [0.15, 0.2) is 0 Å². The van der Waals surface area contributed by atoms with Crippen molar-refractivity contribution in [3.63, 3.8) is 0 Å². The van der Waals surface area contributed by atoms with Crippen LogP contribution >= 0.6 is 0 Å². The van der Waals surface area contributed by atoms with Gasteiger partial charge >= 0.3 is 0 Å². The second-order valence-electron chi connectivity index (χ2n) is 4.88. The Hall–Kier alpha value is -0.120. The van der Waals surface area contributed by atoms with Crippen molar-refractivity contribution in [2.75, 3.05) is 19.8 Å². The topological polar surface area (TPSA) is 44.5 Å². The Morgan fingerprint density at radius 1 is 1.07 bits per heavy atom. The van der Waals surface area contributed by atoms with Crippen LogP contribution in [0.5, 0.6) is 0 Å². The Labute approximate surface area is 92.3 Å². The van der Waals surface area contributed by atoms with Crippen LogP contribution in [0.4, 0.5) is 0 Å². The predicted octanol–water partition coefficient (Wildman–Crippen LogP) is 1.70. The van der Waals surface area contributed by atoms with Gasteiger partial charge in [-0.05, 0) is 31.6 Å². The fourth-order valence-electron chi connectivity index (χ4n) is 2.51. The second-order valence-corrected chi connectivity index (χ2v) is 4.88. The molecule has 1 saturated heterocycles. The predicted molar refractivity (Wildman–Crippen MR) is 59.7 cm³/mol. The zero-order valence-electron chi connectivity index (χ0n) is 9.49. The first-order valence-electron chi connectivity index (χ1n) is 6.31. The molecule has 88 valence electrons. The fourth-order valence-corrected chi connectivity index (χ4v) is 2.51. The van der Waals surface area contributed by atoms with E-state index < -0.39 is 0 Å². The van der Waals surface area contributed by atoms with Crippen LogP contribution in [0.3, 0.4) is 0 Å². The average Bonchev–Trinajstić information content (AvgIpc) is 2.29. The SMILES string of the molecule is NC1CCCCC1OCC1CCOCC1. The van der Waals surface area contributed by atoms with E-state index in [4.69, 9.17) is 15.2 Å². The third-order valence-corrected chi connectivity index (χ3v) is 3.64. The number of nitrogens with two attached hydrogens (primary N) is 1. The highest BCUT2D eigenvalue weighted by atomic mass is 16.5. The van der Waals surface area contributed by atoms with E-state index in [1.807, 2.05) is 0 Å². The summed E-state index contributed by atoms with van der Waals surface area (Å²) < 4.78 is 11.3. The maximum absolute atomic E-state index is 6.04. The zero-order chi connectivity index (χ0) is 10.5. The summed E-state index contributed by atoms with van der Waals surface area (Å²) in [7, 11) is 0. The molecule has 1 heterocycles. The van der Waals surface area contributed by atoms with E-state index in [9.17, 15) is 0 Å². The van der Waals surface area contributed by atoms with Crippen molar-refractivity contribution in [2.24, 2.45) is 11.7 Å². The quantitative estimate of drug-likeness (QED) is 0.776. The summed E-state index contributed by atoms with van der Waals surface area (Å²) in [5.74, 6) is 0.702. The highest BCUT2D eigenvalue weighted by Crippen LogP contribution is 2.22. The summed E-state index contributed by atoms with van der Waals surface area (Å²) >= 11 is 0. The maximum Gasteiger partial charge on any atom is 0.0726 e. The van der Waals surface area contributed by atoms with E-state index in [1.165, 1.54) is 12.8 Å². The molecule has 2 fully saturated rings. The molecule has 3 heteroatoms. The van der Waals surface area contributed by atoms with Gasteiger partial charge in [0.05, 0.1) is 12.7 Å². The first-order valence-corrected chi connectivity index (χ1v) is 6.31. The van der Waals surface area contributed by atoms with Gasteiger partial charge in [-0.2, -0.15) is 0 Å². The summed E-state index contributed by atoms with van der Waals surface area (Å²) in [6, 6.07) is 0.276. The minimum Gasteiger partial charge on any atom is -0.381 e. The van der Waals surface area contributed by atoms with Crippen molar-refractivity contribution >= 4 is 0 Å². The number of rotatable bonds is 3. The molecular weight excluding hydrogens is 190 g/mol. The lowest BCUT2D eigenvalue weighted by Gasteiger charge is -2.31. The van der Waals surface area contributed by atoms with Gasteiger partial charge in [0.2, 0.25) is 0 Å². The molecule has 0 amide bonds. The van der Waals surface area contributed by atoms with Crippen LogP contribution in [0.2, 0.25) is 0 Å². The number of hydrogen-bond acceptors (Lipinski definition) is 3. The Balaban J connectivity index is 1.67. The Morgan fingerprint density at radius 3 is 2.53 bits per heavy atom. The highest BCUT2D eigenvalue weighted by molar-refractivity contribution is 4.79. The smallest absolute Gasteiger partial charge is 0.0726 e. The standard InChI is InChI=1S/C12H23NO2/c13-11-3-1-2-4-12(11)15-9-10-5-7-14-8-6-10/h10-12H,1-9,13H2. The Kier molecular flexibility index (Phi) is 4.42. The van der Waals surface area contributed by atoms with E-state index in [0.717, 1.165) is 45.5 Å². The summed E-state index contributed by atoms with van der Waals surface area (Å²) in [5, 5.41) is 0. The number of ether oxygens (including phenoxy) is 2. The molecule has 0 aromatic carbocycles. The Bertz CT molecular complexity index is 180. The van der Waals surface area contributed by atoms with Crippen molar-refractivity contribution < 1.29 is 9.47 Å². The molecule has 2 rings (SSSR count). The third-order valence-electron chi connectivity index (χ3n) is 3.64. The van der Waals surface area contributed by atoms with Crippen LogP contribution in [-0.4, -0.2) is 32.0 Å². The molecule has 2 atom stereocenters. The average molecular weight is 213 g/mol. The van der Waals surface area contributed by atoms with E-state index in [0.29, 0.717) is 12.0 Å². The van der Waals surface area contributed by atoms with E-state index in [1.54, 1.807) is 0 Å². The van der Waals surface area contributed by atoms with Crippen LogP contribution in [0.25, 0.3) is 0 Å². The Morgan fingerprint density at radius 2 is 1.80 bits per heavy atom. The molecule has 0 aromatic rings. The van der Waals surface area contributed by atoms with Gasteiger partial charge in [0.15, 0.2) is 0 Å². The second kappa shape index (κ2) is 5.83. The van der Waals surface area contributed by atoms with Crippen LogP contribution in [0, 0.1) is 5.92 Å². The van der Waals surface area contributed by atoms with E-state index in [2.05, 4.69) is 0 Å². The maximum atomic E-state index is 6.04. The first kappa shape index (κ1) is 11.4. The molecule has 1 aliphatic carbocycles. The number of hydrogen-bond donors (Lipinski definition) is 1. The van der Waals surface area contributed by atoms with Crippen molar-refractivity contribution in [3.8, 4) is 0 Å². The summed E-state index contributed by atoms with van der Waals surface area (Å²) in [4.78, 5) is 0. The van der Waals surface area contributed by atoms with Crippen molar-refractivity contribution in [1.29, 1.82) is 0 Å². The molecule has 2 aliphatic rings. The van der Waals surface area contributed by atoms with Crippen LogP contribution in [-0.2, 0) is 9.47 Å². The summed E-state index contributed by atoms with van der Waals surface area (Å²) in [6.07, 6.45) is 7.48. The largest absolute Gasteiger partial charge is 0.381 e. The van der Waals surface area contributed by atoms with Gasteiger partial charge in [0.1, 0.15) is 0 Å². The van der Waals surface area contributed by atoms with Gasteiger partial charge in [0.25, 0.3) is 0 Å². The molecule has 0 aromatic heterocycles. The third kappa shape index (κ3) is 3.44. The molecule has 1 aliphatic heterocycles. The molecule has 2 unspecified atom stereocenters. The van der Waals surface area contributed by atoms with Gasteiger partial charge in [-0.3, -0.25) is 0 Å². The minimum atomic E-state index is 0.276. The lowest BCUT2D eigenvalue weighted by atomic mass is 9.93. The molecule has 2 N–H and O–H groups in total. The van der Waals surface area contributed by atoms with Gasteiger partial charge in [0, 0.05) is 19.3 Å². The molecule has 0 bridgehead atoms. The van der Waals surface area contributed by atoms with Crippen molar-refractivity contribution in [2.45, 2.75) is 50.7 Å². The molecule has 15 heavy (non-hydrogen) atoms. The van der Waals surface area contributed by atoms with Crippen molar-refractivity contribution in [1.82, 2.24) is 0 Å². The van der Waals surface area contributed by atoms with E-state index in [-0.39, 0.29) is 6.04 Å². The first-order chi connectivity index (χ1) is 7.36. The molecule has 0 radical (unpaired) electrons. The normalized spacial score (nSPS) is 34.2.